The molecular weight excluding hydrogens is 208 g/mol. The first-order valence-corrected chi connectivity index (χ1v) is 4.92. The van der Waals surface area contributed by atoms with E-state index in [2.05, 4.69) is 10.2 Å². The van der Waals surface area contributed by atoms with Gasteiger partial charge in [0.05, 0.1) is 5.69 Å². The Bertz CT molecular complexity index is 593. The van der Waals surface area contributed by atoms with Crippen LogP contribution in [0.1, 0.15) is 12.5 Å². The van der Waals surface area contributed by atoms with Crippen molar-refractivity contribution < 1.29 is 0 Å². The summed E-state index contributed by atoms with van der Waals surface area (Å²) < 4.78 is 0.996. The Labute approximate surface area is 90.7 Å². The second-order valence-electron chi connectivity index (χ2n) is 3.43. The van der Waals surface area contributed by atoms with E-state index in [0.29, 0.717) is 11.4 Å². The molecule has 6 heteroatoms. The number of H-pyrrole nitrogens is 2. The first-order chi connectivity index (χ1) is 7.63. The van der Waals surface area contributed by atoms with Gasteiger partial charge in [0.2, 0.25) is 0 Å². The van der Waals surface area contributed by atoms with Gasteiger partial charge in [0, 0.05) is 5.69 Å². The molecule has 0 saturated heterocycles. The van der Waals surface area contributed by atoms with Gasteiger partial charge < -0.3 is 5.73 Å². The SMILES string of the molecule is CCc1ccc(-n2c(=O)[nH][nH]c2=O)cc1N. The molecule has 1 heterocycles. The van der Waals surface area contributed by atoms with Crippen LogP contribution in [0.3, 0.4) is 0 Å². The summed E-state index contributed by atoms with van der Waals surface area (Å²) in [4.78, 5) is 22.7. The molecule has 0 radical (unpaired) electrons. The number of aryl methyl sites for hydroxylation is 1. The third-order valence-electron chi connectivity index (χ3n) is 2.45. The third kappa shape index (κ3) is 1.54. The van der Waals surface area contributed by atoms with Gasteiger partial charge >= 0.3 is 11.4 Å². The normalized spacial score (nSPS) is 10.6. The van der Waals surface area contributed by atoms with Crippen LogP contribution in [0, 0.1) is 0 Å². The van der Waals surface area contributed by atoms with Crippen LogP contribution >= 0.6 is 0 Å². The van der Waals surface area contributed by atoms with Crippen LogP contribution in [-0.4, -0.2) is 14.8 Å². The maximum Gasteiger partial charge on any atom is 0.348 e. The first kappa shape index (κ1) is 10.3. The summed E-state index contributed by atoms with van der Waals surface area (Å²) >= 11 is 0. The maximum atomic E-state index is 11.3. The van der Waals surface area contributed by atoms with Crippen LogP contribution in [0.15, 0.2) is 27.8 Å². The van der Waals surface area contributed by atoms with E-state index in [4.69, 9.17) is 5.73 Å². The van der Waals surface area contributed by atoms with Crippen LogP contribution in [0.25, 0.3) is 5.69 Å². The smallest absolute Gasteiger partial charge is 0.348 e. The van der Waals surface area contributed by atoms with Crippen molar-refractivity contribution >= 4 is 5.69 Å². The third-order valence-corrected chi connectivity index (χ3v) is 2.45. The molecule has 2 aromatic rings. The Hall–Kier alpha value is -2.24. The Morgan fingerprint density at radius 3 is 2.38 bits per heavy atom. The second-order valence-corrected chi connectivity index (χ2v) is 3.43. The Morgan fingerprint density at radius 1 is 1.25 bits per heavy atom. The van der Waals surface area contributed by atoms with Crippen molar-refractivity contribution in [1.82, 2.24) is 14.8 Å². The molecule has 16 heavy (non-hydrogen) atoms. The molecule has 0 amide bonds. The highest BCUT2D eigenvalue weighted by Crippen LogP contribution is 2.15. The minimum atomic E-state index is -0.506. The lowest BCUT2D eigenvalue weighted by Crippen LogP contribution is -2.24. The molecule has 0 aliphatic heterocycles. The van der Waals surface area contributed by atoms with Gasteiger partial charge in [-0.1, -0.05) is 13.0 Å². The van der Waals surface area contributed by atoms with Crippen LogP contribution in [0.4, 0.5) is 5.69 Å². The van der Waals surface area contributed by atoms with E-state index in [1.165, 1.54) is 0 Å². The molecule has 0 spiro atoms. The zero-order valence-electron chi connectivity index (χ0n) is 8.78. The fourth-order valence-electron chi connectivity index (χ4n) is 1.59. The molecule has 0 aliphatic carbocycles. The number of rotatable bonds is 2. The largest absolute Gasteiger partial charge is 0.398 e. The number of nitrogens with two attached hydrogens (primary N) is 1. The maximum absolute atomic E-state index is 11.3. The quantitative estimate of drug-likeness (QED) is 0.621. The van der Waals surface area contributed by atoms with Crippen LogP contribution in [-0.2, 0) is 6.42 Å². The van der Waals surface area contributed by atoms with Gasteiger partial charge in [0.1, 0.15) is 0 Å². The van der Waals surface area contributed by atoms with Gasteiger partial charge in [-0.3, -0.25) is 0 Å². The van der Waals surface area contributed by atoms with E-state index in [1.54, 1.807) is 12.1 Å². The summed E-state index contributed by atoms with van der Waals surface area (Å²) in [7, 11) is 0. The van der Waals surface area contributed by atoms with Gasteiger partial charge in [-0.05, 0) is 24.1 Å². The predicted octanol–water partition coefficient (Wildman–Crippen LogP) is -0.00150. The summed E-state index contributed by atoms with van der Waals surface area (Å²) in [5.41, 5.74) is 6.81. The number of hydrogen-bond acceptors (Lipinski definition) is 3. The van der Waals surface area contributed by atoms with Crippen molar-refractivity contribution in [3.8, 4) is 5.69 Å². The van der Waals surface area contributed by atoms with Crippen LogP contribution in [0.2, 0.25) is 0 Å². The molecule has 0 fully saturated rings. The van der Waals surface area contributed by atoms with Crippen molar-refractivity contribution in [2.24, 2.45) is 0 Å². The van der Waals surface area contributed by atoms with Crippen molar-refractivity contribution in [3.05, 3.63) is 44.7 Å². The van der Waals surface area contributed by atoms with E-state index in [9.17, 15) is 9.59 Å². The summed E-state index contributed by atoms with van der Waals surface area (Å²) in [6.45, 7) is 1.99. The van der Waals surface area contributed by atoms with Crippen molar-refractivity contribution in [2.75, 3.05) is 5.73 Å². The zero-order chi connectivity index (χ0) is 11.7. The Balaban J connectivity index is 2.62. The molecule has 0 unspecified atom stereocenters. The number of aromatic nitrogens is 3. The van der Waals surface area contributed by atoms with E-state index in [0.717, 1.165) is 16.6 Å². The van der Waals surface area contributed by atoms with Crippen LogP contribution < -0.4 is 17.1 Å². The highest BCUT2D eigenvalue weighted by molar-refractivity contribution is 5.53. The van der Waals surface area contributed by atoms with Gasteiger partial charge in [-0.25, -0.2) is 24.4 Å². The fourth-order valence-corrected chi connectivity index (χ4v) is 1.59. The zero-order valence-corrected chi connectivity index (χ0v) is 8.78. The number of nitrogens with one attached hydrogen (secondary N) is 2. The average Bonchev–Trinajstić information content (AvgIpc) is 2.58. The van der Waals surface area contributed by atoms with Crippen molar-refractivity contribution in [1.29, 1.82) is 0 Å². The molecule has 0 bridgehead atoms. The van der Waals surface area contributed by atoms with Crippen molar-refractivity contribution in [2.45, 2.75) is 13.3 Å². The number of anilines is 1. The van der Waals surface area contributed by atoms with E-state index in [-0.39, 0.29) is 0 Å². The first-order valence-electron chi connectivity index (χ1n) is 4.92. The predicted molar refractivity (Wildman–Crippen MR) is 60.8 cm³/mol. The molecule has 84 valence electrons. The van der Waals surface area contributed by atoms with Crippen molar-refractivity contribution in [3.63, 3.8) is 0 Å². The Morgan fingerprint density at radius 2 is 1.88 bits per heavy atom. The highest BCUT2D eigenvalue weighted by Gasteiger charge is 2.07. The lowest BCUT2D eigenvalue weighted by Gasteiger charge is -2.05. The second kappa shape index (κ2) is 3.73. The summed E-state index contributed by atoms with van der Waals surface area (Å²) in [6.07, 6.45) is 0.810. The lowest BCUT2D eigenvalue weighted by atomic mass is 10.1. The molecule has 0 aliphatic rings. The lowest BCUT2D eigenvalue weighted by molar-refractivity contribution is 0.950. The highest BCUT2D eigenvalue weighted by atomic mass is 16.2. The Kier molecular flexibility index (Phi) is 2.40. The topological polar surface area (TPSA) is 96.7 Å². The molecule has 6 nitrogen and oxygen atoms in total. The molecule has 0 atom stereocenters. The summed E-state index contributed by atoms with van der Waals surface area (Å²) in [5.74, 6) is 0. The minimum Gasteiger partial charge on any atom is -0.398 e. The molecule has 0 saturated carbocycles. The molecule has 1 aromatic carbocycles. The number of benzene rings is 1. The summed E-state index contributed by atoms with van der Waals surface area (Å²) in [6, 6.07) is 5.12. The standard InChI is InChI=1S/C10H12N4O2/c1-2-6-3-4-7(5-8(6)11)14-9(15)12-13-10(14)16/h3-5H,2,11H2,1H3,(H,12,15)(H,13,16). The van der Waals surface area contributed by atoms with Gasteiger partial charge in [-0.2, -0.15) is 0 Å². The number of hydrogen-bond donors (Lipinski definition) is 3. The average molecular weight is 220 g/mol. The molecular formula is C10H12N4O2. The monoisotopic (exact) mass is 220 g/mol. The number of aromatic amines is 2. The van der Waals surface area contributed by atoms with E-state index < -0.39 is 11.4 Å². The molecule has 4 N–H and O–H groups in total. The van der Waals surface area contributed by atoms with Crippen LogP contribution in [0.5, 0.6) is 0 Å². The van der Waals surface area contributed by atoms with E-state index >= 15 is 0 Å². The summed E-state index contributed by atoms with van der Waals surface area (Å²) in [5, 5.41) is 4.43. The molecule has 1 aromatic heterocycles. The van der Waals surface area contributed by atoms with Gasteiger partial charge in [-0.15, -0.1) is 0 Å². The number of nitrogens with zero attached hydrogens (tertiary/aromatic N) is 1. The van der Waals surface area contributed by atoms with Gasteiger partial charge in [0.15, 0.2) is 0 Å². The van der Waals surface area contributed by atoms with Gasteiger partial charge in [0.25, 0.3) is 0 Å². The molecule has 2 rings (SSSR count). The fraction of sp³-hybridized carbons (Fsp3) is 0.200. The number of nitrogen functional groups attached to an aromatic ring is 1. The van der Waals surface area contributed by atoms with E-state index in [1.807, 2.05) is 13.0 Å². The minimum absolute atomic E-state index is 0.460.